The fourth-order valence-corrected chi connectivity index (χ4v) is 7.76. The number of piperidine rings is 1. The van der Waals surface area contributed by atoms with E-state index in [1.165, 1.54) is 28.6 Å². The second-order valence-corrected chi connectivity index (χ2v) is 11.8. The molecular weight excluding hydrogens is 439 g/mol. The second-order valence-electron chi connectivity index (χ2n) is 7.60. The lowest BCUT2D eigenvalue weighted by Gasteiger charge is -2.32. The summed E-state index contributed by atoms with van der Waals surface area (Å²) in [4.78, 5) is -1.53. The summed E-state index contributed by atoms with van der Waals surface area (Å²) in [5, 5.41) is 0.0421. The van der Waals surface area contributed by atoms with Crippen LogP contribution in [0.3, 0.4) is 0 Å². The number of benzene rings is 2. The minimum Gasteiger partial charge on any atom is -0.327 e. The lowest BCUT2D eigenvalue weighted by Crippen LogP contribution is -2.40. The molecule has 1 saturated carbocycles. The van der Waals surface area contributed by atoms with Gasteiger partial charge in [0.1, 0.15) is 15.6 Å². The van der Waals surface area contributed by atoms with Crippen molar-refractivity contribution in [2.75, 3.05) is 13.1 Å². The summed E-state index contributed by atoms with van der Waals surface area (Å²) in [7, 11) is -8.57. The Labute approximate surface area is 174 Å². The largest absolute Gasteiger partial charge is 0.327 e. The molecule has 2 N–H and O–H groups in total. The smallest absolute Gasteiger partial charge is 0.244 e. The highest BCUT2D eigenvalue weighted by atomic mass is 35.5. The molecule has 29 heavy (non-hydrogen) atoms. The maximum absolute atomic E-state index is 14.2. The highest BCUT2D eigenvalue weighted by Gasteiger charge is 2.54. The molecule has 10 heteroatoms. The molecule has 1 unspecified atom stereocenters. The zero-order chi connectivity index (χ0) is 21.0. The summed E-state index contributed by atoms with van der Waals surface area (Å²) in [6.07, 6.45) is 2.15. The fourth-order valence-electron chi connectivity index (χ4n) is 3.95. The highest BCUT2D eigenvalue weighted by molar-refractivity contribution is 7.93. The molecule has 2 aromatic rings. The normalized spacial score (nSPS) is 22.0. The summed E-state index contributed by atoms with van der Waals surface area (Å²) in [5.41, 5.74) is 5.98. The van der Waals surface area contributed by atoms with E-state index >= 15 is 0 Å². The van der Waals surface area contributed by atoms with Crippen molar-refractivity contribution in [2.24, 2.45) is 11.1 Å². The molecule has 0 aromatic heterocycles. The monoisotopic (exact) mass is 458 g/mol. The molecule has 2 fully saturated rings. The van der Waals surface area contributed by atoms with Gasteiger partial charge in [0.15, 0.2) is 0 Å². The molecule has 1 heterocycles. The quantitative estimate of drug-likeness (QED) is 0.759. The van der Waals surface area contributed by atoms with E-state index in [0.29, 0.717) is 12.8 Å². The second kappa shape index (κ2) is 7.02. The van der Waals surface area contributed by atoms with Crippen molar-refractivity contribution in [1.82, 2.24) is 4.31 Å². The van der Waals surface area contributed by atoms with Gasteiger partial charge in [-0.1, -0.05) is 23.7 Å². The lowest BCUT2D eigenvalue weighted by molar-refractivity contribution is 0.251. The number of hydrogen-bond donors (Lipinski definition) is 1. The topological polar surface area (TPSA) is 97.5 Å². The minimum atomic E-state index is -4.45. The Kier molecular flexibility index (Phi) is 5.02. The first kappa shape index (κ1) is 20.7. The summed E-state index contributed by atoms with van der Waals surface area (Å²) >= 11 is 5.97. The molecule has 2 aromatic carbocycles. The maximum atomic E-state index is 14.2. The third-order valence-electron chi connectivity index (χ3n) is 5.91. The van der Waals surface area contributed by atoms with E-state index in [0.717, 1.165) is 24.6 Å². The van der Waals surface area contributed by atoms with E-state index in [4.69, 9.17) is 17.3 Å². The number of nitrogens with zero attached hydrogens (tertiary/aromatic N) is 1. The van der Waals surface area contributed by atoms with Crippen LogP contribution >= 0.6 is 11.6 Å². The highest BCUT2D eigenvalue weighted by Crippen LogP contribution is 2.53. The van der Waals surface area contributed by atoms with Gasteiger partial charge >= 0.3 is 0 Å². The van der Waals surface area contributed by atoms with Crippen LogP contribution in [0.5, 0.6) is 0 Å². The molecule has 1 aliphatic carbocycles. The average molecular weight is 459 g/mol. The van der Waals surface area contributed by atoms with Gasteiger partial charge in [-0.2, -0.15) is 4.31 Å². The van der Waals surface area contributed by atoms with E-state index in [1.54, 1.807) is 0 Å². The molecule has 6 nitrogen and oxygen atoms in total. The Bertz CT molecular complexity index is 1180. The van der Waals surface area contributed by atoms with Gasteiger partial charge in [-0.25, -0.2) is 21.2 Å². The summed E-state index contributed by atoms with van der Waals surface area (Å²) < 4.78 is 68.3. The number of hydrogen-bond acceptors (Lipinski definition) is 5. The first-order valence-corrected chi connectivity index (χ1v) is 12.4. The van der Waals surface area contributed by atoms with E-state index in [-0.39, 0.29) is 29.6 Å². The summed E-state index contributed by atoms with van der Waals surface area (Å²) in [6, 6.07) is 8.47. The first-order chi connectivity index (χ1) is 13.6. The van der Waals surface area contributed by atoms with Crippen LogP contribution in [0.1, 0.15) is 19.3 Å². The van der Waals surface area contributed by atoms with Crippen LogP contribution in [-0.2, 0) is 19.9 Å². The standard InChI is InChI=1S/C19H20ClFN2O4S2/c20-13-5-6-16(17(11-13)28(24,25)15-4-2-1-3-14(15)21)29(26,27)23-9-7-19(8-10-23)12-18(19)22/h1-6,11,18H,7-10,12,22H2. The molecule has 1 saturated heterocycles. The van der Waals surface area contributed by atoms with Gasteiger partial charge in [-0.3, -0.25) is 0 Å². The number of sulfone groups is 1. The minimum absolute atomic E-state index is 0.00803. The van der Waals surface area contributed by atoms with Crippen molar-refractivity contribution < 1.29 is 21.2 Å². The molecule has 1 spiro atoms. The SMILES string of the molecule is NC1CC12CCN(S(=O)(=O)c1ccc(Cl)cc1S(=O)(=O)c1ccccc1F)CC2. The third kappa shape index (κ3) is 3.48. The van der Waals surface area contributed by atoms with E-state index in [1.807, 2.05) is 0 Å². The van der Waals surface area contributed by atoms with Crippen molar-refractivity contribution in [2.45, 2.75) is 40.0 Å². The number of halogens is 2. The van der Waals surface area contributed by atoms with Crippen LogP contribution in [0.25, 0.3) is 0 Å². The summed E-state index contributed by atoms with van der Waals surface area (Å²) in [6.45, 7) is 0.524. The van der Waals surface area contributed by atoms with Gasteiger partial charge in [0.05, 0.1) is 4.90 Å². The third-order valence-corrected chi connectivity index (χ3v) is 10.1. The van der Waals surface area contributed by atoms with E-state index in [9.17, 15) is 21.2 Å². The average Bonchev–Trinajstić information content (AvgIpc) is 3.29. The van der Waals surface area contributed by atoms with Gasteiger partial charge < -0.3 is 5.73 Å². The molecule has 0 amide bonds. The molecule has 4 rings (SSSR count). The molecule has 0 bridgehead atoms. The van der Waals surface area contributed by atoms with Crippen LogP contribution in [0, 0.1) is 11.2 Å². The predicted octanol–water partition coefficient (Wildman–Crippen LogP) is 2.81. The van der Waals surface area contributed by atoms with Gasteiger partial charge in [0.2, 0.25) is 19.9 Å². The van der Waals surface area contributed by atoms with Crippen molar-refractivity contribution in [3.63, 3.8) is 0 Å². The number of sulfonamides is 1. The van der Waals surface area contributed by atoms with Crippen molar-refractivity contribution in [1.29, 1.82) is 0 Å². The van der Waals surface area contributed by atoms with Crippen molar-refractivity contribution >= 4 is 31.5 Å². The Morgan fingerprint density at radius 1 is 1.00 bits per heavy atom. The molecule has 2 aliphatic rings. The molecule has 156 valence electrons. The Hall–Kier alpha value is -1.52. The van der Waals surface area contributed by atoms with Crippen LogP contribution in [-0.4, -0.2) is 40.3 Å². The van der Waals surface area contributed by atoms with Crippen molar-refractivity contribution in [3.8, 4) is 0 Å². The van der Waals surface area contributed by atoms with Gasteiger partial charge in [0.25, 0.3) is 0 Å². The Morgan fingerprint density at radius 3 is 2.21 bits per heavy atom. The molecule has 1 aliphatic heterocycles. The fraction of sp³-hybridized carbons (Fsp3) is 0.368. The zero-order valence-corrected chi connectivity index (χ0v) is 17.8. The van der Waals surface area contributed by atoms with Crippen LogP contribution in [0.4, 0.5) is 4.39 Å². The molecular formula is C19H20ClFN2O4S2. The van der Waals surface area contributed by atoms with Crippen molar-refractivity contribution in [3.05, 3.63) is 53.3 Å². The Balaban J connectivity index is 1.77. The van der Waals surface area contributed by atoms with Gasteiger partial charge in [-0.05, 0) is 55.0 Å². The van der Waals surface area contributed by atoms with Crippen LogP contribution in [0.2, 0.25) is 5.02 Å². The lowest BCUT2D eigenvalue weighted by atomic mass is 9.94. The number of rotatable bonds is 4. The van der Waals surface area contributed by atoms with Gasteiger partial charge in [-0.15, -0.1) is 0 Å². The number of nitrogens with two attached hydrogens (primary N) is 1. The van der Waals surface area contributed by atoms with Crippen LogP contribution < -0.4 is 5.73 Å². The maximum Gasteiger partial charge on any atom is 0.244 e. The Morgan fingerprint density at radius 2 is 1.62 bits per heavy atom. The zero-order valence-electron chi connectivity index (χ0n) is 15.4. The van der Waals surface area contributed by atoms with E-state index in [2.05, 4.69) is 0 Å². The predicted molar refractivity (Wildman–Crippen MR) is 106 cm³/mol. The van der Waals surface area contributed by atoms with E-state index < -0.39 is 40.4 Å². The first-order valence-electron chi connectivity index (χ1n) is 9.13. The molecule has 0 radical (unpaired) electrons. The van der Waals surface area contributed by atoms with Gasteiger partial charge in [0, 0.05) is 24.2 Å². The molecule has 1 atom stereocenters. The van der Waals surface area contributed by atoms with Crippen LogP contribution in [0.15, 0.2) is 57.2 Å². The summed E-state index contributed by atoms with van der Waals surface area (Å²) in [5.74, 6) is -0.960.